The largest absolute Gasteiger partial charge is 0.368 e. The van der Waals surface area contributed by atoms with Crippen LogP contribution < -0.4 is 33.6 Å². The molecule has 0 aliphatic heterocycles. The van der Waals surface area contributed by atoms with Gasteiger partial charge in [-0.2, -0.15) is 0 Å². The molecule has 0 radical (unpaired) electrons. The smallest absolute Gasteiger partial charge is 0.251 e. The third-order valence-electron chi connectivity index (χ3n) is 5.43. The van der Waals surface area contributed by atoms with Crippen molar-refractivity contribution in [3.8, 4) is 11.8 Å². The summed E-state index contributed by atoms with van der Waals surface area (Å²) < 4.78 is 0. The van der Waals surface area contributed by atoms with E-state index in [1.165, 1.54) is 37.1 Å². The second-order valence-electron chi connectivity index (χ2n) is 8.58. The molecule has 0 spiro atoms. The molecule has 218 valence electrons. The second-order valence-corrected chi connectivity index (χ2v) is 8.58. The number of carbonyl (C=O) groups is 4. The van der Waals surface area contributed by atoms with Gasteiger partial charge in [0.1, 0.15) is 6.04 Å². The highest BCUT2D eigenvalue weighted by atomic mass is 16.2. The summed E-state index contributed by atoms with van der Waals surface area (Å²) in [5, 5.41) is 5.34. The van der Waals surface area contributed by atoms with E-state index >= 15 is 0 Å². The molecule has 0 fully saturated rings. The van der Waals surface area contributed by atoms with Crippen LogP contribution in [0.25, 0.3) is 0 Å². The van der Waals surface area contributed by atoms with Crippen LogP contribution in [0.2, 0.25) is 0 Å². The van der Waals surface area contributed by atoms with Gasteiger partial charge in [-0.05, 0) is 76.3 Å². The number of nitrogens with one attached hydrogen (secondary N) is 2. The first-order valence-electron chi connectivity index (χ1n) is 13.3. The Morgan fingerprint density at radius 1 is 0.923 bits per heavy atom. The van der Waals surface area contributed by atoms with E-state index in [0.29, 0.717) is 49.9 Å². The summed E-state index contributed by atoms with van der Waals surface area (Å²) >= 11 is 0. The van der Waals surface area contributed by atoms with Gasteiger partial charge in [-0.15, -0.1) is 25.0 Å². The van der Waals surface area contributed by atoms with E-state index < -0.39 is 29.8 Å². The number of primary amides is 2. The quantitative estimate of drug-likeness (QED) is 0.105. The topological polar surface area (TPSA) is 196 Å². The monoisotopic (exact) mass is 544 g/mol. The zero-order valence-corrected chi connectivity index (χ0v) is 23.6. The van der Waals surface area contributed by atoms with Gasteiger partial charge in [0.25, 0.3) is 5.91 Å². The van der Waals surface area contributed by atoms with Gasteiger partial charge >= 0.3 is 0 Å². The van der Waals surface area contributed by atoms with Crippen LogP contribution in [-0.2, 0) is 9.59 Å². The molecular formula is C29H48N6O4. The fourth-order valence-corrected chi connectivity index (χ4v) is 3.16. The fraction of sp³-hybridized carbons (Fsp3) is 0.517. The molecule has 2 atom stereocenters. The first kappa shape index (κ1) is 37.5. The van der Waals surface area contributed by atoms with Gasteiger partial charge in [-0.3, -0.25) is 19.2 Å². The lowest BCUT2D eigenvalue weighted by Gasteiger charge is -2.18. The number of amides is 4. The van der Waals surface area contributed by atoms with Crippen LogP contribution in [-0.4, -0.2) is 48.8 Å². The van der Waals surface area contributed by atoms with Gasteiger partial charge in [-0.25, -0.2) is 0 Å². The minimum absolute atomic E-state index is 0.283. The maximum absolute atomic E-state index is 12.1. The number of unbranched alkanes of at least 4 members (excludes halogenated alkanes) is 4. The minimum Gasteiger partial charge on any atom is -0.368 e. The molecule has 1 aromatic rings. The van der Waals surface area contributed by atoms with Crippen molar-refractivity contribution >= 4 is 23.6 Å². The third kappa shape index (κ3) is 19.1. The minimum atomic E-state index is -0.810. The molecule has 0 aliphatic carbocycles. The summed E-state index contributed by atoms with van der Waals surface area (Å²) in [6, 6.07) is 4.49. The highest BCUT2D eigenvalue weighted by Crippen LogP contribution is 2.06. The number of hydrogen-bond acceptors (Lipinski definition) is 6. The van der Waals surface area contributed by atoms with Gasteiger partial charge in [0.05, 0.1) is 6.04 Å². The summed E-state index contributed by atoms with van der Waals surface area (Å²) in [6.07, 6.45) is 7.09. The van der Waals surface area contributed by atoms with Crippen LogP contribution in [0.15, 0.2) is 37.4 Å². The number of nitrogens with two attached hydrogens (primary N) is 4. The zero-order valence-electron chi connectivity index (χ0n) is 23.6. The van der Waals surface area contributed by atoms with E-state index in [4.69, 9.17) is 22.9 Å². The molecule has 10 nitrogen and oxygen atoms in total. The molecule has 10 N–H and O–H groups in total. The molecule has 0 heterocycles. The Hall–Kier alpha value is -3.68. The van der Waals surface area contributed by atoms with Crippen molar-refractivity contribution in [2.24, 2.45) is 22.9 Å². The summed E-state index contributed by atoms with van der Waals surface area (Å²) in [5.41, 5.74) is 22.5. The standard InChI is InChI=1S/C20H32N6O4.C7H12.C2H4/c21-11-3-1-5-15(22)20(30)26-16(18(24)28)6-2-4-12-25-19(29)14-9-7-13(8-10-14)17(23)27;1-3-5-7-6-4-2;1-2/h7-10,15-16H,1-6,11-12,21-22H2,(H2,23,27)(H2,24,28)(H,25,29)(H,26,30);3,5,7H2,1-2H3;1-2H2. The summed E-state index contributed by atoms with van der Waals surface area (Å²) in [6.45, 7) is 11.0. The van der Waals surface area contributed by atoms with Crippen LogP contribution in [0.3, 0.4) is 0 Å². The predicted octanol–water partition coefficient (Wildman–Crippen LogP) is 2.11. The molecule has 39 heavy (non-hydrogen) atoms. The van der Waals surface area contributed by atoms with Crippen LogP contribution >= 0.6 is 0 Å². The van der Waals surface area contributed by atoms with Crippen LogP contribution in [0, 0.1) is 11.8 Å². The maximum Gasteiger partial charge on any atom is 0.251 e. The van der Waals surface area contributed by atoms with Crippen LogP contribution in [0.1, 0.15) is 92.4 Å². The van der Waals surface area contributed by atoms with E-state index in [-0.39, 0.29) is 5.91 Å². The zero-order chi connectivity index (χ0) is 30.1. The summed E-state index contributed by atoms with van der Waals surface area (Å²) in [5.74, 6) is 3.97. The molecule has 1 rings (SSSR count). The van der Waals surface area contributed by atoms with Crippen molar-refractivity contribution in [3.63, 3.8) is 0 Å². The molecule has 0 aromatic heterocycles. The molecule has 2 unspecified atom stereocenters. The normalized spacial score (nSPS) is 11.1. The Morgan fingerprint density at radius 3 is 2.03 bits per heavy atom. The van der Waals surface area contributed by atoms with Gasteiger partial charge in [0.2, 0.25) is 17.7 Å². The SMILES string of the molecule is C=C.CC#CCCCC.NCCCCC(N)C(=O)NC(CCCCNC(=O)c1ccc(C(N)=O)cc1)C(N)=O. The van der Waals surface area contributed by atoms with E-state index in [1.807, 2.05) is 6.92 Å². The molecule has 1 aromatic carbocycles. The van der Waals surface area contributed by atoms with Crippen molar-refractivity contribution in [2.45, 2.75) is 83.7 Å². The van der Waals surface area contributed by atoms with Crippen molar-refractivity contribution in [3.05, 3.63) is 48.6 Å². The third-order valence-corrected chi connectivity index (χ3v) is 5.43. The van der Waals surface area contributed by atoms with Crippen molar-refractivity contribution in [1.82, 2.24) is 10.6 Å². The fourth-order valence-electron chi connectivity index (χ4n) is 3.16. The first-order chi connectivity index (χ1) is 18.7. The molecule has 0 aliphatic rings. The second kappa shape index (κ2) is 24.6. The van der Waals surface area contributed by atoms with Gasteiger partial charge < -0.3 is 33.6 Å². The van der Waals surface area contributed by atoms with Gasteiger partial charge in [-0.1, -0.05) is 19.8 Å². The van der Waals surface area contributed by atoms with Crippen molar-refractivity contribution in [1.29, 1.82) is 0 Å². The number of benzene rings is 1. The maximum atomic E-state index is 12.1. The van der Waals surface area contributed by atoms with Crippen molar-refractivity contribution < 1.29 is 19.2 Å². The van der Waals surface area contributed by atoms with Crippen LogP contribution in [0.5, 0.6) is 0 Å². The lowest BCUT2D eigenvalue weighted by Crippen LogP contribution is -2.50. The lowest BCUT2D eigenvalue weighted by atomic mass is 10.1. The average molecular weight is 545 g/mol. The Kier molecular flexibility index (Phi) is 23.7. The van der Waals surface area contributed by atoms with E-state index in [1.54, 1.807) is 0 Å². The highest BCUT2D eigenvalue weighted by molar-refractivity contribution is 5.97. The number of carbonyl (C=O) groups excluding carboxylic acids is 4. The Balaban J connectivity index is 0. The van der Waals surface area contributed by atoms with E-state index in [0.717, 1.165) is 19.3 Å². The molecule has 0 bridgehead atoms. The molecule has 10 heteroatoms. The molecule has 0 saturated heterocycles. The molecular weight excluding hydrogens is 496 g/mol. The van der Waals surface area contributed by atoms with Crippen LogP contribution in [0.4, 0.5) is 0 Å². The number of rotatable bonds is 16. The van der Waals surface area contributed by atoms with Gasteiger partial charge in [0.15, 0.2) is 0 Å². The molecule has 0 saturated carbocycles. The summed E-state index contributed by atoms with van der Waals surface area (Å²) in [4.78, 5) is 46.8. The molecule has 4 amide bonds. The van der Waals surface area contributed by atoms with Gasteiger partial charge in [0, 0.05) is 24.1 Å². The summed E-state index contributed by atoms with van der Waals surface area (Å²) in [7, 11) is 0. The van der Waals surface area contributed by atoms with E-state index in [9.17, 15) is 19.2 Å². The number of hydrogen-bond donors (Lipinski definition) is 6. The Morgan fingerprint density at radius 2 is 1.51 bits per heavy atom. The Labute approximate surface area is 233 Å². The first-order valence-corrected chi connectivity index (χ1v) is 13.3. The highest BCUT2D eigenvalue weighted by Gasteiger charge is 2.21. The predicted molar refractivity (Wildman–Crippen MR) is 157 cm³/mol. The van der Waals surface area contributed by atoms with Crippen molar-refractivity contribution in [2.75, 3.05) is 13.1 Å². The Bertz CT molecular complexity index is 909. The average Bonchev–Trinajstić information content (AvgIpc) is 2.93. The lowest BCUT2D eigenvalue weighted by molar-refractivity contribution is -0.128. The van der Waals surface area contributed by atoms with E-state index in [2.05, 4.69) is 42.6 Å².